The van der Waals surface area contributed by atoms with Crippen LogP contribution >= 0.6 is 45.8 Å². The fourth-order valence-corrected chi connectivity index (χ4v) is 9.96. The highest BCUT2D eigenvalue weighted by molar-refractivity contribution is 14.1. The molecule has 0 unspecified atom stereocenters. The maximum absolute atomic E-state index is 14.4. The molecule has 0 atom stereocenters. The number of carbonyl (C=O) groups excluding carboxylic acids is 5. The third-order valence-electron chi connectivity index (χ3n) is 14.6. The van der Waals surface area contributed by atoms with Crippen molar-refractivity contribution >= 4 is 110 Å². The Morgan fingerprint density at radius 2 is 0.725 bits per heavy atom. The van der Waals surface area contributed by atoms with Crippen molar-refractivity contribution in [3.63, 3.8) is 0 Å². The Morgan fingerprint density at radius 3 is 1.04 bits per heavy atom. The molecule has 10 aromatic rings. The topological polar surface area (TPSA) is 400 Å². The quantitative estimate of drug-likeness (QED) is 0.00995. The van der Waals surface area contributed by atoms with Crippen molar-refractivity contribution in [2.24, 2.45) is 0 Å². The molecule has 5 aromatic heterocycles. The average molecular weight is 1670 g/mol. The highest BCUT2D eigenvalue weighted by Crippen LogP contribution is 2.41. The molecule has 0 saturated carbocycles. The number of carbonyl (C=O) groups is 6. The largest absolute Gasteiger partial charge is 0.492 e. The van der Waals surface area contributed by atoms with Crippen LogP contribution in [0.5, 0.6) is 28.7 Å². The third-order valence-corrected chi connectivity index (χ3v) is 16.0. The molecule has 0 saturated heterocycles. The van der Waals surface area contributed by atoms with Gasteiger partial charge in [-0.1, -0.05) is 83.7 Å². The Labute approximate surface area is 636 Å². The number of halogens is 11. The molecule has 5 heterocycles. The van der Waals surface area contributed by atoms with Crippen molar-refractivity contribution in [3.8, 4) is 97.4 Å². The molecule has 0 amide bonds. The maximum Gasteiger partial charge on any atom is 0.360 e. The maximum atomic E-state index is 14.4. The molecule has 0 aliphatic heterocycles. The number of aromatic carboxylic acids is 1. The Morgan fingerprint density at radius 1 is 0.422 bits per heavy atom. The van der Waals surface area contributed by atoms with E-state index in [0.29, 0.717) is 39.1 Å². The zero-order chi connectivity index (χ0) is 81.2. The van der Waals surface area contributed by atoms with E-state index in [0.717, 1.165) is 26.4 Å². The highest BCUT2D eigenvalue weighted by atomic mass is 127. The number of hydrogen-bond acceptors (Lipinski definition) is 25. The lowest BCUT2D eigenvalue weighted by Gasteiger charge is -2.13. The lowest BCUT2D eigenvalue weighted by atomic mass is 10.1. The van der Waals surface area contributed by atoms with Crippen LogP contribution in [0, 0.1) is 62.5 Å². The van der Waals surface area contributed by atoms with Crippen molar-refractivity contribution < 1.29 is 112 Å². The van der Waals surface area contributed by atoms with Gasteiger partial charge >= 0.3 is 29.8 Å². The standard InChI is InChI=1S/C16H13FN2O3.C15H13FN2O4.C14H11ClF2N2O3.C14H12ClFN2O3.C13H8F3IN2O3/c1-4-9-5-7-10(8-6-9)13-11(17)12(18)15(21-2)14(19-13)16(20)22-3;1-21-14-11(17)10(16)12(18-13(14)15(20)22-2)9-5-3-8(7-19)4-6-9;1-21-13-10(18)9(17)11(19-12(13)14(20)22-2)6-3-4-7(15)8(16)5-6;1-20-13-10(17)9(16)11(18-12(13)14(19)21-2)7-3-5-8(15)6-4-7;1-22-12-9(18)8(16)10(19-11(12)13(20)21)4-2-3-5(17)7(15)6(4)14/h1,5-8H,2-3H3,(H2,18,19);3-7H,1-2H3,(H2,17,18);3-5H,1-2H3,(H2,18,19);3-6H,1-2H3,(H2,17,18);2-3H,1H3,(H2,18,19)(H,20,21). The summed E-state index contributed by atoms with van der Waals surface area (Å²) in [5.41, 5.74) is 25.0. The number of nitrogens with two attached hydrogens (primary N) is 5. The second-order valence-corrected chi connectivity index (χ2v) is 22.9. The first-order chi connectivity index (χ1) is 51.7. The number of methoxy groups -OCH3 is 9. The van der Waals surface area contributed by atoms with Gasteiger partial charge in [0.2, 0.25) is 0 Å². The van der Waals surface area contributed by atoms with Crippen LogP contribution in [0.1, 0.15) is 68.4 Å². The summed E-state index contributed by atoms with van der Waals surface area (Å²) in [5.74, 6) is -11.3. The number of hydrogen-bond donors (Lipinski definition) is 6. The fraction of sp³-hybridized carbons (Fsp3) is 0.125. The van der Waals surface area contributed by atoms with Crippen molar-refractivity contribution in [2.45, 2.75) is 0 Å². The summed E-state index contributed by atoms with van der Waals surface area (Å²) in [5, 5.41) is 9.43. The van der Waals surface area contributed by atoms with Gasteiger partial charge in [-0.15, -0.1) is 6.42 Å². The number of terminal acetylenes is 1. The van der Waals surface area contributed by atoms with Crippen molar-refractivity contribution in [2.75, 3.05) is 92.7 Å². The van der Waals surface area contributed by atoms with Crippen LogP contribution in [0.25, 0.3) is 56.3 Å². The predicted octanol–water partition coefficient (Wildman–Crippen LogP) is 13.4. The van der Waals surface area contributed by atoms with Gasteiger partial charge in [-0.3, -0.25) is 4.79 Å². The molecular formula is C72H57Cl2F8IN10O16. The first-order valence-electron chi connectivity index (χ1n) is 29.9. The Bertz CT molecular complexity index is 5210. The van der Waals surface area contributed by atoms with Crippen LogP contribution < -0.4 is 52.4 Å². The summed E-state index contributed by atoms with van der Waals surface area (Å²) >= 11 is 12.9. The van der Waals surface area contributed by atoms with Gasteiger partial charge in [0.25, 0.3) is 0 Å². The van der Waals surface area contributed by atoms with Crippen LogP contribution in [0.15, 0.2) is 103 Å². The zero-order valence-corrected chi connectivity index (χ0v) is 61.5. The third kappa shape index (κ3) is 18.9. The number of rotatable bonds is 16. The van der Waals surface area contributed by atoms with Gasteiger partial charge in [-0.25, -0.2) is 84.0 Å². The van der Waals surface area contributed by atoms with Gasteiger partial charge in [-0.05, 0) is 71.1 Å². The summed E-state index contributed by atoms with van der Waals surface area (Å²) in [6, 6.07) is 24.6. The summed E-state index contributed by atoms with van der Waals surface area (Å²) in [7, 11) is 10.7. The molecule has 0 bridgehead atoms. The lowest BCUT2D eigenvalue weighted by Crippen LogP contribution is -2.12. The van der Waals surface area contributed by atoms with E-state index in [4.69, 9.17) is 87.1 Å². The number of aldehydes is 1. The molecule has 0 aliphatic carbocycles. The van der Waals surface area contributed by atoms with Gasteiger partial charge in [0.1, 0.15) is 69.0 Å². The SMILES string of the molecule is C#Cc1ccc(-c2nc(C(=O)OC)c(OC)c(N)c2F)cc1.COC(=O)c1nc(-c2ccc(C=O)cc2)c(F)c(N)c1OC.COC(=O)c1nc(-c2ccc(Cl)c(F)c2)c(F)c(N)c1OC.COC(=O)c1nc(-c2ccc(Cl)cc2)c(F)c(N)c1OC.COc1c(C(=O)O)nc(-c2ccc(I)c(F)c2F)c(F)c1N. The smallest absolute Gasteiger partial charge is 0.360 e. The van der Waals surface area contributed by atoms with Crippen LogP contribution in [0.4, 0.5) is 63.6 Å². The number of carboxylic acid groups (broad SMARTS) is 1. The van der Waals surface area contributed by atoms with E-state index in [1.807, 2.05) is 0 Å². The molecule has 26 nitrogen and oxygen atoms in total. The molecule has 568 valence electrons. The number of benzene rings is 5. The molecule has 0 spiro atoms. The fourth-order valence-electron chi connectivity index (χ4n) is 9.30. The summed E-state index contributed by atoms with van der Waals surface area (Å²) in [6.45, 7) is 0. The Kier molecular flexibility index (Phi) is 29.6. The van der Waals surface area contributed by atoms with E-state index >= 15 is 0 Å². The minimum absolute atomic E-state index is 0.0146. The molecule has 0 radical (unpaired) electrons. The number of pyridine rings is 5. The van der Waals surface area contributed by atoms with E-state index in [-0.39, 0.29) is 99.8 Å². The number of aromatic nitrogens is 5. The number of esters is 4. The number of anilines is 5. The van der Waals surface area contributed by atoms with Crippen molar-refractivity contribution in [1.82, 2.24) is 24.9 Å². The van der Waals surface area contributed by atoms with Gasteiger partial charge in [-0.2, -0.15) is 0 Å². The first-order valence-corrected chi connectivity index (χ1v) is 31.8. The van der Waals surface area contributed by atoms with E-state index < -0.39 is 110 Å². The minimum Gasteiger partial charge on any atom is -0.492 e. The molecule has 11 N–H and O–H groups in total. The monoisotopic (exact) mass is 1670 g/mol. The second kappa shape index (κ2) is 37.9. The van der Waals surface area contributed by atoms with Gasteiger partial charge in [0.05, 0.1) is 72.6 Å². The van der Waals surface area contributed by atoms with Crippen LogP contribution in [0.3, 0.4) is 0 Å². The summed E-state index contributed by atoms with van der Waals surface area (Å²) < 4.78 is 156. The summed E-state index contributed by atoms with van der Waals surface area (Å²) in [6.07, 6.45) is 5.94. The van der Waals surface area contributed by atoms with Crippen LogP contribution in [-0.2, 0) is 18.9 Å². The number of nitrogen functional groups attached to an aromatic ring is 5. The van der Waals surface area contributed by atoms with Crippen molar-refractivity contribution in [3.05, 3.63) is 203 Å². The molecule has 10 rings (SSSR count). The van der Waals surface area contributed by atoms with Crippen LogP contribution in [0.2, 0.25) is 10.0 Å². The minimum atomic E-state index is -1.55. The highest BCUT2D eigenvalue weighted by Gasteiger charge is 2.31. The number of ether oxygens (including phenoxy) is 9. The molecular weight excluding hydrogens is 1610 g/mol. The van der Waals surface area contributed by atoms with Gasteiger partial charge in [0.15, 0.2) is 97.9 Å². The molecule has 37 heteroatoms. The normalized spacial score (nSPS) is 10.3. The average Bonchev–Trinajstić information content (AvgIpc) is 0.829. The molecule has 0 aliphatic rings. The lowest BCUT2D eigenvalue weighted by molar-refractivity contribution is 0.0581. The van der Waals surface area contributed by atoms with E-state index in [9.17, 15) is 63.9 Å². The van der Waals surface area contributed by atoms with Gasteiger partial charge < -0.3 is 76.4 Å². The summed E-state index contributed by atoms with van der Waals surface area (Å²) in [4.78, 5) is 88.1. The second-order valence-electron chi connectivity index (χ2n) is 20.9. The van der Waals surface area contributed by atoms with Crippen molar-refractivity contribution in [1.29, 1.82) is 0 Å². The number of nitrogens with zero attached hydrogens (tertiary/aromatic N) is 5. The molecule has 109 heavy (non-hydrogen) atoms. The molecule has 5 aromatic carbocycles. The van der Waals surface area contributed by atoms with E-state index in [1.54, 1.807) is 71.1 Å². The van der Waals surface area contributed by atoms with Gasteiger partial charge in [0, 0.05) is 44.0 Å². The number of carboxylic acids is 1. The Balaban J connectivity index is 0.000000213. The van der Waals surface area contributed by atoms with E-state index in [2.05, 4.69) is 49.8 Å². The molecule has 0 fully saturated rings. The van der Waals surface area contributed by atoms with Crippen LogP contribution in [-0.4, -0.2) is 130 Å². The predicted molar refractivity (Wildman–Crippen MR) is 391 cm³/mol. The first kappa shape index (κ1) is 85.1. The van der Waals surface area contributed by atoms with E-state index in [1.165, 1.54) is 92.2 Å². The zero-order valence-electron chi connectivity index (χ0n) is 57.8. The Hall–Kier alpha value is -12.8.